The molecule has 0 unspecified atom stereocenters. The number of hydrogen-bond acceptors (Lipinski definition) is 6. The van der Waals surface area contributed by atoms with Gasteiger partial charge in [-0.15, -0.1) is 0 Å². The van der Waals surface area contributed by atoms with Gasteiger partial charge in [-0.25, -0.2) is 0 Å². The monoisotopic (exact) mass is 386 g/mol. The highest BCUT2D eigenvalue weighted by molar-refractivity contribution is 5.93. The fourth-order valence-corrected chi connectivity index (χ4v) is 4.20. The number of carbonyl (C=O) groups is 1. The molecule has 1 amide bonds. The first kappa shape index (κ1) is 18.9. The van der Waals surface area contributed by atoms with Crippen molar-refractivity contribution in [2.24, 2.45) is 0 Å². The van der Waals surface area contributed by atoms with Gasteiger partial charge in [-0.1, -0.05) is 18.2 Å². The van der Waals surface area contributed by atoms with Crippen molar-refractivity contribution in [3.63, 3.8) is 0 Å². The van der Waals surface area contributed by atoms with Crippen LogP contribution in [0.25, 0.3) is 0 Å². The van der Waals surface area contributed by atoms with Crippen LogP contribution in [0.1, 0.15) is 29.6 Å². The molecule has 1 saturated heterocycles. The summed E-state index contributed by atoms with van der Waals surface area (Å²) in [5.41, 5.74) is 0.453. The minimum Gasteiger partial charge on any atom is -0.488 e. The van der Waals surface area contributed by atoms with Crippen LogP contribution in [0, 0.1) is 0 Å². The van der Waals surface area contributed by atoms with Crippen molar-refractivity contribution in [2.45, 2.75) is 49.7 Å². The van der Waals surface area contributed by atoms with Crippen LogP contribution in [0.2, 0.25) is 0 Å². The Bertz CT molecular complexity index is 762. The molecule has 4 atom stereocenters. The second kappa shape index (κ2) is 8.30. The molecule has 2 aromatic rings. The molecule has 1 aromatic heterocycles. The minimum atomic E-state index is -0.745. The lowest BCUT2D eigenvalue weighted by atomic mass is 10.0. The van der Waals surface area contributed by atoms with E-state index in [1.807, 2.05) is 30.3 Å². The number of para-hydroxylation sites is 1. The molecule has 0 spiro atoms. The van der Waals surface area contributed by atoms with Gasteiger partial charge < -0.3 is 20.3 Å². The highest BCUT2D eigenvalue weighted by Crippen LogP contribution is 2.31. The Kier molecular flexibility index (Phi) is 5.61. The molecule has 1 saturated carbocycles. The van der Waals surface area contributed by atoms with Gasteiger partial charge in [0.25, 0.3) is 5.91 Å². The summed E-state index contributed by atoms with van der Waals surface area (Å²) in [5.74, 6) is 0.467. The molecule has 1 aliphatic carbocycles. The second-order valence-electron chi connectivity index (χ2n) is 7.52. The van der Waals surface area contributed by atoms with E-state index in [1.54, 1.807) is 6.20 Å². The van der Waals surface area contributed by atoms with E-state index >= 15 is 0 Å². The average Bonchev–Trinajstić information content (AvgIpc) is 3.33. The molecule has 8 nitrogen and oxygen atoms in total. The van der Waals surface area contributed by atoms with Gasteiger partial charge in [0.1, 0.15) is 18.0 Å². The van der Waals surface area contributed by atoms with Crippen molar-refractivity contribution in [3.8, 4) is 5.75 Å². The summed E-state index contributed by atoms with van der Waals surface area (Å²) in [4.78, 5) is 14.7. The molecule has 2 aliphatic rings. The molecule has 2 fully saturated rings. The van der Waals surface area contributed by atoms with Gasteiger partial charge in [-0.2, -0.15) is 5.10 Å². The number of aromatic amines is 1. The molecule has 8 heteroatoms. The van der Waals surface area contributed by atoms with Crippen LogP contribution in [0.3, 0.4) is 0 Å². The number of piperidine rings is 1. The highest BCUT2D eigenvalue weighted by Gasteiger charge is 2.48. The van der Waals surface area contributed by atoms with Crippen molar-refractivity contribution < 1.29 is 19.7 Å². The number of hydrogen-bond donors (Lipinski definition) is 4. The van der Waals surface area contributed by atoms with E-state index < -0.39 is 12.2 Å². The third-order valence-electron chi connectivity index (χ3n) is 5.66. The summed E-state index contributed by atoms with van der Waals surface area (Å²) in [6.07, 6.45) is 3.38. The van der Waals surface area contributed by atoms with Crippen molar-refractivity contribution >= 4 is 5.91 Å². The van der Waals surface area contributed by atoms with Gasteiger partial charge in [0.05, 0.1) is 29.9 Å². The predicted molar refractivity (Wildman–Crippen MR) is 102 cm³/mol. The lowest BCUT2D eigenvalue weighted by Gasteiger charge is -2.38. The normalized spacial score (nSPS) is 28.9. The molecular formula is C20H26N4O4. The molecule has 150 valence electrons. The minimum absolute atomic E-state index is 0.228. The van der Waals surface area contributed by atoms with Gasteiger partial charge >= 0.3 is 0 Å². The Labute approximate surface area is 163 Å². The van der Waals surface area contributed by atoms with Crippen LogP contribution in [0.5, 0.6) is 5.75 Å². The van der Waals surface area contributed by atoms with E-state index in [0.29, 0.717) is 43.7 Å². The molecule has 2 heterocycles. The third kappa shape index (κ3) is 4.04. The van der Waals surface area contributed by atoms with E-state index in [2.05, 4.69) is 20.4 Å². The first-order valence-electron chi connectivity index (χ1n) is 9.73. The number of aromatic nitrogens is 2. The summed E-state index contributed by atoms with van der Waals surface area (Å²) in [7, 11) is 0. The zero-order valence-corrected chi connectivity index (χ0v) is 15.6. The lowest BCUT2D eigenvalue weighted by molar-refractivity contribution is -0.0145. The van der Waals surface area contributed by atoms with Gasteiger partial charge in [-0.05, 0) is 25.0 Å². The zero-order valence-electron chi connectivity index (χ0n) is 15.6. The maximum atomic E-state index is 12.6. The smallest absolute Gasteiger partial charge is 0.254 e. The van der Waals surface area contributed by atoms with Crippen LogP contribution in [0.15, 0.2) is 42.7 Å². The van der Waals surface area contributed by atoms with Crippen molar-refractivity contribution in [1.82, 2.24) is 20.4 Å². The highest BCUT2D eigenvalue weighted by atomic mass is 16.5. The van der Waals surface area contributed by atoms with Crippen LogP contribution in [0.4, 0.5) is 0 Å². The molecule has 28 heavy (non-hydrogen) atoms. The Morgan fingerprint density at radius 3 is 2.64 bits per heavy atom. The van der Waals surface area contributed by atoms with Crippen LogP contribution in [-0.2, 0) is 0 Å². The summed E-state index contributed by atoms with van der Waals surface area (Å²) in [6.45, 7) is 1.36. The number of nitrogens with one attached hydrogen (secondary N) is 2. The van der Waals surface area contributed by atoms with Gasteiger partial charge in [0, 0.05) is 25.7 Å². The number of aliphatic hydroxyl groups is 2. The number of aliphatic hydroxyl groups excluding tert-OH is 2. The molecule has 0 radical (unpaired) electrons. The van der Waals surface area contributed by atoms with E-state index in [4.69, 9.17) is 4.74 Å². The van der Waals surface area contributed by atoms with E-state index in [0.717, 1.165) is 0 Å². The Morgan fingerprint density at radius 2 is 1.96 bits per heavy atom. The van der Waals surface area contributed by atoms with E-state index in [9.17, 15) is 15.0 Å². The van der Waals surface area contributed by atoms with Gasteiger partial charge in [0.15, 0.2) is 0 Å². The predicted octanol–water partition coefficient (Wildman–Crippen LogP) is 0.546. The van der Waals surface area contributed by atoms with E-state index in [1.165, 1.54) is 6.20 Å². The first-order valence-corrected chi connectivity index (χ1v) is 9.73. The summed E-state index contributed by atoms with van der Waals surface area (Å²) >= 11 is 0. The summed E-state index contributed by atoms with van der Waals surface area (Å²) in [5, 5.41) is 30.4. The average molecular weight is 386 g/mol. The Morgan fingerprint density at radius 1 is 1.21 bits per heavy atom. The third-order valence-corrected chi connectivity index (χ3v) is 5.66. The maximum absolute atomic E-state index is 12.6. The molecule has 1 aromatic carbocycles. The quantitative estimate of drug-likeness (QED) is 0.597. The number of amides is 1. The first-order chi connectivity index (χ1) is 13.6. The Balaban J connectivity index is 1.51. The molecule has 1 aliphatic heterocycles. The number of benzene rings is 1. The SMILES string of the molecule is O=C(N[C@@H]1C[C@@H](Oc2ccccc2)[C@H](O)[C@H]1N1CCC(O)CC1)c1cn[nH]c1. The van der Waals surface area contributed by atoms with E-state index in [-0.39, 0.29) is 24.1 Å². The number of carbonyl (C=O) groups excluding carboxylic acids is 1. The number of H-pyrrole nitrogens is 1. The lowest BCUT2D eigenvalue weighted by Crippen LogP contribution is -2.55. The molecule has 4 rings (SSSR count). The summed E-state index contributed by atoms with van der Waals surface area (Å²) < 4.78 is 6.04. The molecule has 0 bridgehead atoms. The molecule has 4 N–H and O–H groups in total. The number of rotatable bonds is 5. The second-order valence-corrected chi connectivity index (χ2v) is 7.52. The topological polar surface area (TPSA) is 111 Å². The van der Waals surface area contributed by atoms with Gasteiger partial charge in [-0.3, -0.25) is 14.8 Å². The summed E-state index contributed by atoms with van der Waals surface area (Å²) in [6, 6.07) is 8.87. The number of likely N-dealkylation sites (tertiary alicyclic amines) is 1. The molecular weight excluding hydrogens is 360 g/mol. The van der Waals surface area contributed by atoms with Gasteiger partial charge in [0.2, 0.25) is 0 Å². The van der Waals surface area contributed by atoms with Crippen molar-refractivity contribution in [2.75, 3.05) is 13.1 Å². The zero-order chi connectivity index (χ0) is 19.5. The fraction of sp³-hybridized carbons (Fsp3) is 0.500. The number of ether oxygens (including phenoxy) is 1. The van der Waals surface area contributed by atoms with Crippen LogP contribution < -0.4 is 10.1 Å². The maximum Gasteiger partial charge on any atom is 0.254 e. The number of nitrogens with zero attached hydrogens (tertiary/aromatic N) is 2. The fourth-order valence-electron chi connectivity index (χ4n) is 4.20. The van der Waals surface area contributed by atoms with Crippen molar-refractivity contribution in [1.29, 1.82) is 0 Å². The largest absolute Gasteiger partial charge is 0.488 e. The van der Waals surface area contributed by atoms with Crippen LogP contribution >= 0.6 is 0 Å². The standard InChI is InChI=1S/C20H26N4O4/c25-14-6-8-24(9-7-14)18-16(23-20(27)13-11-21-22-12-13)10-17(19(18)26)28-15-4-2-1-3-5-15/h1-5,11-12,14,16-19,25-26H,6-10H2,(H,21,22)(H,23,27)/t16-,17-,18+,19+/m1/s1. The Hall–Kier alpha value is -2.42. The van der Waals surface area contributed by atoms with Crippen LogP contribution in [-0.4, -0.2) is 74.7 Å². The van der Waals surface area contributed by atoms with Crippen molar-refractivity contribution in [3.05, 3.63) is 48.3 Å².